The second-order valence-corrected chi connectivity index (χ2v) is 2.77. The van der Waals surface area contributed by atoms with E-state index in [4.69, 9.17) is 5.11 Å². The summed E-state index contributed by atoms with van der Waals surface area (Å²) in [4.78, 5) is 0. The Hall–Kier alpha value is -0.0800. The van der Waals surface area contributed by atoms with Gasteiger partial charge in [-0.05, 0) is 25.7 Å². The van der Waals surface area contributed by atoms with E-state index >= 15 is 0 Å². The molecule has 1 aliphatic heterocycles. The van der Waals surface area contributed by atoms with Crippen molar-refractivity contribution in [2.24, 2.45) is 5.92 Å². The first-order valence-electron chi connectivity index (χ1n) is 3.62. The summed E-state index contributed by atoms with van der Waals surface area (Å²) in [5.41, 5.74) is 0. The van der Waals surface area contributed by atoms with Gasteiger partial charge >= 0.3 is 0 Å². The normalized spacial score (nSPS) is 32.0. The molecule has 2 atom stereocenters. The topological polar surface area (TPSA) is 34.3 Å². The van der Waals surface area contributed by atoms with Gasteiger partial charge in [-0.3, -0.25) is 0 Å². The van der Waals surface area contributed by atoms with E-state index in [2.05, 4.69) is 5.32 Å². The predicted octanol–water partition coefficient (Wildman–Crippen LogP) is 0.382. The van der Waals surface area contributed by atoms with Crippen LogP contribution in [0, 0.1) is 5.92 Å². The molecule has 53 valence electrons. The second kappa shape index (κ2) is 3.18. The van der Waals surface area contributed by atoms with Gasteiger partial charge in [0.2, 0.25) is 0 Å². The Morgan fingerprint density at radius 2 is 2.44 bits per heavy atom. The molecule has 2 heteroatoms. The predicted molar refractivity (Wildman–Crippen MR) is 36.3 cm³/mol. The molecular formula is C7H14NO. The largest absolute Gasteiger partial charge is 0.393 e. The van der Waals surface area contributed by atoms with Crippen molar-refractivity contribution in [2.75, 3.05) is 13.1 Å². The maximum Gasteiger partial charge on any atom is 0.0553 e. The lowest BCUT2D eigenvalue weighted by Gasteiger charge is -2.23. The van der Waals surface area contributed by atoms with Gasteiger partial charge in [0.05, 0.1) is 6.10 Å². The van der Waals surface area contributed by atoms with Crippen LogP contribution in [0.3, 0.4) is 0 Å². The third kappa shape index (κ3) is 1.95. The van der Waals surface area contributed by atoms with Crippen LogP contribution in [0.4, 0.5) is 0 Å². The van der Waals surface area contributed by atoms with Crippen LogP contribution in [-0.2, 0) is 0 Å². The van der Waals surface area contributed by atoms with Gasteiger partial charge in [-0.25, -0.2) is 5.32 Å². The van der Waals surface area contributed by atoms with E-state index < -0.39 is 0 Å². The smallest absolute Gasteiger partial charge is 0.0553 e. The summed E-state index contributed by atoms with van der Waals surface area (Å²) < 4.78 is 0. The molecule has 9 heavy (non-hydrogen) atoms. The van der Waals surface area contributed by atoms with Crippen LogP contribution in [0.15, 0.2) is 0 Å². The lowest BCUT2D eigenvalue weighted by Crippen LogP contribution is -2.31. The minimum atomic E-state index is -0.158. The number of aliphatic hydroxyl groups excluding tert-OH is 1. The molecule has 1 saturated heterocycles. The SMILES string of the molecule is CC(O)C1CCC[N]C1. The van der Waals surface area contributed by atoms with Crippen molar-refractivity contribution in [1.29, 1.82) is 0 Å². The van der Waals surface area contributed by atoms with Crippen LogP contribution in [-0.4, -0.2) is 24.3 Å². The fourth-order valence-electron chi connectivity index (χ4n) is 1.21. The average Bonchev–Trinajstić information content (AvgIpc) is 1.90. The van der Waals surface area contributed by atoms with E-state index in [1.807, 2.05) is 6.92 Å². The molecule has 0 aromatic rings. The van der Waals surface area contributed by atoms with Crippen molar-refractivity contribution in [3.05, 3.63) is 0 Å². The van der Waals surface area contributed by atoms with Gasteiger partial charge in [-0.1, -0.05) is 0 Å². The van der Waals surface area contributed by atoms with Crippen LogP contribution >= 0.6 is 0 Å². The molecular weight excluding hydrogens is 114 g/mol. The van der Waals surface area contributed by atoms with Crippen molar-refractivity contribution in [1.82, 2.24) is 5.32 Å². The number of aliphatic hydroxyl groups is 1. The molecule has 2 nitrogen and oxygen atoms in total. The Labute approximate surface area is 56.3 Å². The molecule has 0 aliphatic carbocycles. The molecule has 1 rings (SSSR count). The molecule has 1 N–H and O–H groups in total. The number of hydrogen-bond donors (Lipinski definition) is 1. The van der Waals surface area contributed by atoms with E-state index in [1.54, 1.807) is 0 Å². The first-order chi connectivity index (χ1) is 4.30. The fourth-order valence-corrected chi connectivity index (χ4v) is 1.21. The number of piperidine rings is 1. The van der Waals surface area contributed by atoms with Crippen LogP contribution in [0.1, 0.15) is 19.8 Å². The molecule has 1 fully saturated rings. The molecule has 0 amide bonds. The number of rotatable bonds is 1. The lowest BCUT2D eigenvalue weighted by molar-refractivity contribution is 0.108. The van der Waals surface area contributed by atoms with Gasteiger partial charge in [0.25, 0.3) is 0 Å². The summed E-state index contributed by atoms with van der Waals surface area (Å²) in [7, 11) is 0. The molecule has 0 aromatic heterocycles. The zero-order valence-corrected chi connectivity index (χ0v) is 5.88. The first kappa shape index (κ1) is 7.03. The van der Waals surface area contributed by atoms with E-state index in [0.29, 0.717) is 5.92 Å². The highest BCUT2D eigenvalue weighted by molar-refractivity contribution is 4.72. The van der Waals surface area contributed by atoms with Crippen molar-refractivity contribution >= 4 is 0 Å². The van der Waals surface area contributed by atoms with Gasteiger partial charge in [-0.15, -0.1) is 0 Å². The number of nitrogens with zero attached hydrogens (tertiary/aromatic N) is 1. The number of hydrogen-bond acceptors (Lipinski definition) is 1. The van der Waals surface area contributed by atoms with Gasteiger partial charge in [0.1, 0.15) is 0 Å². The molecule has 0 spiro atoms. The Bertz CT molecular complexity index is 77.0. The summed E-state index contributed by atoms with van der Waals surface area (Å²) in [5, 5.41) is 13.3. The third-order valence-electron chi connectivity index (χ3n) is 1.94. The molecule has 0 aromatic carbocycles. The average molecular weight is 128 g/mol. The standard InChI is InChI=1S/C7H14NO/c1-6(9)7-3-2-4-8-5-7/h6-7,9H,2-5H2,1H3. The highest BCUT2D eigenvalue weighted by Crippen LogP contribution is 2.14. The van der Waals surface area contributed by atoms with Crippen LogP contribution in [0.25, 0.3) is 0 Å². The summed E-state index contributed by atoms with van der Waals surface area (Å²) in [6.45, 7) is 3.73. The van der Waals surface area contributed by atoms with Crippen LogP contribution in [0.2, 0.25) is 0 Å². The summed E-state index contributed by atoms with van der Waals surface area (Å²) in [5.74, 6) is 0.443. The van der Waals surface area contributed by atoms with Crippen LogP contribution in [0.5, 0.6) is 0 Å². The fraction of sp³-hybridized carbons (Fsp3) is 1.00. The monoisotopic (exact) mass is 128 g/mol. The van der Waals surface area contributed by atoms with E-state index in [9.17, 15) is 0 Å². The third-order valence-corrected chi connectivity index (χ3v) is 1.94. The summed E-state index contributed by atoms with van der Waals surface area (Å²) in [6, 6.07) is 0. The van der Waals surface area contributed by atoms with E-state index in [0.717, 1.165) is 25.9 Å². The highest BCUT2D eigenvalue weighted by Gasteiger charge is 2.17. The second-order valence-electron chi connectivity index (χ2n) is 2.77. The van der Waals surface area contributed by atoms with Crippen molar-refractivity contribution < 1.29 is 5.11 Å². The van der Waals surface area contributed by atoms with Crippen molar-refractivity contribution in [2.45, 2.75) is 25.9 Å². The Kier molecular flexibility index (Phi) is 2.49. The molecule has 0 saturated carbocycles. The molecule has 1 aliphatic rings. The highest BCUT2D eigenvalue weighted by atomic mass is 16.3. The quantitative estimate of drug-likeness (QED) is 0.544. The van der Waals surface area contributed by atoms with Gasteiger partial charge < -0.3 is 5.11 Å². The Morgan fingerprint density at radius 3 is 2.78 bits per heavy atom. The molecule has 0 bridgehead atoms. The molecule has 2 unspecified atom stereocenters. The minimum absolute atomic E-state index is 0.158. The van der Waals surface area contributed by atoms with Gasteiger partial charge in [0, 0.05) is 13.1 Å². The molecule has 1 heterocycles. The van der Waals surface area contributed by atoms with Gasteiger partial charge in [-0.2, -0.15) is 0 Å². The first-order valence-corrected chi connectivity index (χ1v) is 3.62. The lowest BCUT2D eigenvalue weighted by atomic mass is 9.95. The maximum absolute atomic E-state index is 9.12. The zero-order chi connectivity index (χ0) is 6.69. The van der Waals surface area contributed by atoms with Crippen molar-refractivity contribution in [3.63, 3.8) is 0 Å². The molecule has 1 radical (unpaired) electrons. The summed E-state index contributed by atoms with van der Waals surface area (Å²) >= 11 is 0. The van der Waals surface area contributed by atoms with Crippen LogP contribution < -0.4 is 5.32 Å². The van der Waals surface area contributed by atoms with Gasteiger partial charge in [0.15, 0.2) is 0 Å². The Balaban J connectivity index is 2.23. The van der Waals surface area contributed by atoms with E-state index in [-0.39, 0.29) is 6.10 Å². The maximum atomic E-state index is 9.12. The van der Waals surface area contributed by atoms with Crippen molar-refractivity contribution in [3.8, 4) is 0 Å². The summed E-state index contributed by atoms with van der Waals surface area (Å²) in [6.07, 6.45) is 2.16. The van der Waals surface area contributed by atoms with E-state index in [1.165, 1.54) is 0 Å². The zero-order valence-electron chi connectivity index (χ0n) is 5.88. The Morgan fingerprint density at radius 1 is 1.67 bits per heavy atom. The minimum Gasteiger partial charge on any atom is -0.393 e.